The van der Waals surface area contributed by atoms with E-state index in [4.69, 9.17) is 0 Å². The molecule has 4 nitrogen and oxygen atoms in total. The predicted molar refractivity (Wildman–Crippen MR) is 113 cm³/mol. The summed E-state index contributed by atoms with van der Waals surface area (Å²) in [6.07, 6.45) is 3.01. The number of fused-ring (bicyclic) bond motifs is 1. The fourth-order valence-corrected chi connectivity index (χ4v) is 3.97. The van der Waals surface area contributed by atoms with E-state index < -0.39 is 0 Å². The molecule has 2 heterocycles. The Hall–Kier alpha value is -2.43. The number of nitrogens with zero attached hydrogens (tertiary/aromatic N) is 3. The number of hydrogen-bond acceptors (Lipinski definition) is 4. The summed E-state index contributed by atoms with van der Waals surface area (Å²) >= 11 is 0. The summed E-state index contributed by atoms with van der Waals surface area (Å²) in [4.78, 5) is 9.52. The van der Waals surface area contributed by atoms with Crippen LogP contribution in [0.2, 0.25) is 0 Å². The lowest BCUT2D eigenvalue weighted by Gasteiger charge is -2.40. The zero-order chi connectivity index (χ0) is 18.5. The molecule has 1 fully saturated rings. The van der Waals surface area contributed by atoms with Gasteiger partial charge in [-0.05, 0) is 31.2 Å². The van der Waals surface area contributed by atoms with Gasteiger partial charge in [-0.1, -0.05) is 48.5 Å². The number of piperazine rings is 1. The topological polar surface area (TPSA) is 31.4 Å². The molecule has 3 aromatic rings. The second-order valence-corrected chi connectivity index (χ2v) is 7.38. The molecule has 0 amide bonds. The third-order valence-corrected chi connectivity index (χ3v) is 5.47. The zero-order valence-electron chi connectivity index (χ0n) is 16.0. The molecule has 0 aliphatic carbocycles. The van der Waals surface area contributed by atoms with Crippen LogP contribution in [0.15, 0.2) is 66.9 Å². The van der Waals surface area contributed by atoms with Crippen molar-refractivity contribution in [2.45, 2.75) is 12.5 Å². The highest BCUT2D eigenvalue weighted by Gasteiger charge is 2.25. The minimum atomic E-state index is 0.492. The Morgan fingerprint density at radius 1 is 1.00 bits per heavy atom. The number of pyridine rings is 1. The van der Waals surface area contributed by atoms with E-state index in [1.54, 1.807) is 0 Å². The number of benzene rings is 2. The molecule has 4 heteroatoms. The summed E-state index contributed by atoms with van der Waals surface area (Å²) in [5.74, 6) is 0. The summed E-state index contributed by atoms with van der Waals surface area (Å²) in [6.45, 7) is 5.47. The number of aromatic nitrogens is 1. The molecule has 0 spiro atoms. The predicted octanol–water partition coefficient (Wildman–Crippen LogP) is 4.03. The quantitative estimate of drug-likeness (QED) is 0.673. The molecule has 1 aromatic heterocycles. The Balaban J connectivity index is 1.36. The second kappa shape index (κ2) is 8.51. The van der Waals surface area contributed by atoms with Gasteiger partial charge in [0, 0.05) is 56.0 Å². The van der Waals surface area contributed by atoms with E-state index in [1.165, 1.54) is 16.6 Å². The molecule has 140 valence electrons. The summed E-state index contributed by atoms with van der Waals surface area (Å²) < 4.78 is 0. The van der Waals surface area contributed by atoms with Crippen molar-refractivity contribution >= 4 is 16.6 Å². The number of likely N-dealkylation sites (N-methyl/N-ethyl adjacent to an activating group) is 1. The Morgan fingerprint density at radius 2 is 1.81 bits per heavy atom. The molecular weight excluding hydrogens is 332 g/mol. The molecule has 2 aromatic carbocycles. The lowest BCUT2D eigenvalue weighted by atomic mass is 10.0. The molecule has 0 radical (unpaired) electrons. The molecule has 1 saturated heterocycles. The maximum atomic E-state index is 4.44. The molecule has 1 N–H and O–H groups in total. The van der Waals surface area contributed by atoms with Crippen LogP contribution in [0.1, 0.15) is 18.0 Å². The highest BCUT2D eigenvalue weighted by atomic mass is 15.3. The van der Waals surface area contributed by atoms with Crippen LogP contribution in [0, 0.1) is 0 Å². The van der Waals surface area contributed by atoms with Crippen LogP contribution in [0.25, 0.3) is 10.9 Å². The fourth-order valence-electron chi connectivity index (χ4n) is 3.97. The number of hydrogen-bond donors (Lipinski definition) is 1. The van der Waals surface area contributed by atoms with Gasteiger partial charge in [0.15, 0.2) is 0 Å². The largest absolute Gasteiger partial charge is 0.384 e. The molecule has 1 atom stereocenters. The van der Waals surface area contributed by atoms with Crippen molar-refractivity contribution in [3.05, 3.63) is 72.4 Å². The van der Waals surface area contributed by atoms with E-state index in [2.05, 4.69) is 81.7 Å². The first-order valence-corrected chi connectivity index (χ1v) is 9.86. The van der Waals surface area contributed by atoms with Crippen LogP contribution >= 0.6 is 0 Å². The lowest BCUT2D eigenvalue weighted by Crippen LogP contribution is -2.47. The van der Waals surface area contributed by atoms with Gasteiger partial charge in [-0.15, -0.1) is 0 Å². The van der Waals surface area contributed by atoms with E-state index in [-0.39, 0.29) is 0 Å². The van der Waals surface area contributed by atoms with Crippen LogP contribution in [0.4, 0.5) is 5.69 Å². The third-order valence-electron chi connectivity index (χ3n) is 5.47. The fraction of sp³-hybridized carbons (Fsp3) is 0.348. The first-order chi connectivity index (χ1) is 13.3. The molecule has 0 bridgehead atoms. The van der Waals surface area contributed by atoms with E-state index in [0.29, 0.717) is 6.04 Å². The average molecular weight is 361 g/mol. The van der Waals surface area contributed by atoms with E-state index in [9.17, 15) is 0 Å². The first-order valence-electron chi connectivity index (χ1n) is 9.86. The summed E-state index contributed by atoms with van der Waals surface area (Å²) in [5.41, 5.74) is 3.65. The number of nitrogens with one attached hydrogen (secondary N) is 1. The monoisotopic (exact) mass is 360 g/mol. The first kappa shape index (κ1) is 18.0. The van der Waals surface area contributed by atoms with Crippen LogP contribution in [0.3, 0.4) is 0 Å². The van der Waals surface area contributed by atoms with Gasteiger partial charge in [-0.3, -0.25) is 9.88 Å². The maximum absolute atomic E-state index is 4.44. The minimum absolute atomic E-state index is 0.492. The highest BCUT2D eigenvalue weighted by Crippen LogP contribution is 2.25. The highest BCUT2D eigenvalue weighted by molar-refractivity contribution is 5.90. The van der Waals surface area contributed by atoms with Crippen molar-refractivity contribution in [2.24, 2.45) is 0 Å². The van der Waals surface area contributed by atoms with Crippen molar-refractivity contribution in [3.63, 3.8) is 0 Å². The molecular formula is C23H28N4. The molecule has 4 rings (SSSR count). The van der Waals surface area contributed by atoms with Gasteiger partial charge in [0.2, 0.25) is 0 Å². The van der Waals surface area contributed by atoms with Gasteiger partial charge < -0.3 is 10.2 Å². The molecule has 1 unspecified atom stereocenters. The smallest absolute Gasteiger partial charge is 0.0722 e. The Morgan fingerprint density at radius 3 is 2.70 bits per heavy atom. The Kier molecular flexibility index (Phi) is 5.66. The molecule has 27 heavy (non-hydrogen) atoms. The van der Waals surface area contributed by atoms with E-state index in [0.717, 1.165) is 44.7 Å². The van der Waals surface area contributed by atoms with E-state index in [1.807, 2.05) is 12.3 Å². The van der Waals surface area contributed by atoms with Gasteiger partial charge in [0.1, 0.15) is 0 Å². The number of rotatable bonds is 6. The average Bonchev–Trinajstić information content (AvgIpc) is 2.73. The van der Waals surface area contributed by atoms with Crippen molar-refractivity contribution in [1.82, 2.24) is 14.8 Å². The molecule has 1 aliphatic rings. The summed E-state index contributed by atoms with van der Waals surface area (Å²) in [6, 6.07) is 21.8. The summed E-state index contributed by atoms with van der Waals surface area (Å²) in [5, 5.41) is 4.81. The van der Waals surface area contributed by atoms with Crippen LogP contribution in [-0.4, -0.2) is 54.6 Å². The Bertz CT molecular complexity index is 859. The van der Waals surface area contributed by atoms with Gasteiger partial charge in [0.25, 0.3) is 0 Å². The van der Waals surface area contributed by atoms with Crippen molar-refractivity contribution in [1.29, 1.82) is 0 Å². The third kappa shape index (κ3) is 4.29. The zero-order valence-corrected chi connectivity index (χ0v) is 16.0. The lowest BCUT2D eigenvalue weighted by molar-refractivity contribution is 0.0897. The number of para-hydroxylation sites is 1. The summed E-state index contributed by atoms with van der Waals surface area (Å²) in [7, 11) is 2.23. The maximum Gasteiger partial charge on any atom is 0.0722 e. The standard InChI is InChI=1S/C23H28N4/c1-26-16-17-27(23(18-26)19-8-3-2-4-9-19)15-7-13-24-22-12-14-25-21-11-6-5-10-20(21)22/h2-6,8-12,14,23H,7,13,15-18H2,1H3,(H,24,25). The van der Waals surface area contributed by atoms with E-state index >= 15 is 0 Å². The molecule has 1 aliphatic heterocycles. The minimum Gasteiger partial charge on any atom is -0.384 e. The van der Waals surface area contributed by atoms with Crippen LogP contribution in [0.5, 0.6) is 0 Å². The normalized spacial score (nSPS) is 18.6. The SMILES string of the molecule is CN1CCN(CCCNc2ccnc3ccccc23)C(c2ccccc2)C1. The van der Waals surface area contributed by atoms with Gasteiger partial charge >= 0.3 is 0 Å². The molecule has 0 saturated carbocycles. The van der Waals surface area contributed by atoms with Crippen LogP contribution in [-0.2, 0) is 0 Å². The second-order valence-electron chi connectivity index (χ2n) is 7.38. The van der Waals surface area contributed by atoms with Gasteiger partial charge in [-0.25, -0.2) is 0 Å². The van der Waals surface area contributed by atoms with Crippen molar-refractivity contribution in [2.75, 3.05) is 45.1 Å². The number of anilines is 1. The van der Waals surface area contributed by atoms with Gasteiger partial charge in [-0.2, -0.15) is 0 Å². The van der Waals surface area contributed by atoms with Crippen molar-refractivity contribution in [3.8, 4) is 0 Å². The van der Waals surface area contributed by atoms with Gasteiger partial charge in [0.05, 0.1) is 5.52 Å². The van der Waals surface area contributed by atoms with Crippen molar-refractivity contribution < 1.29 is 0 Å². The Labute approximate surface area is 161 Å². The van der Waals surface area contributed by atoms with Crippen LogP contribution < -0.4 is 5.32 Å².